The van der Waals surface area contributed by atoms with Gasteiger partial charge in [-0.15, -0.1) is 0 Å². The zero-order chi connectivity index (χ0) is 12.1. The number of Topliss-reactive ketones (excluding diaryl/α,β-unsaturated/α-hetero) is 2. The molecule has 1 aromatic rings. The lowest BCUT2D eigenvalue weighted by Crippen LogP contribution is -2.04. The number of benzene rings is 1. The molecule has 0 aliphatic rings. The van der Waals surface area contributed by atoms with Gasteiger partial charge in [0.25, 0.3) is 0 Å². The van der Waals surface area contributed by atoms with Crippen molar-refractivity contribution < 1.29 is 9.59 Å². The molecule has 0 saturated carbocycles. The summed E-state index contributed by atoms with van der Waals surface area (Å²) in [6, 6.07) is 5.23. The van der Waals surface area contributed by atoms with Crippen LogP contribution < -0.4 is 5.32 Å². The molecule has 0 radical (unpaired) electrons. The normalized spacial score (nSPS) is 9.94. The molecule has 3 nitrogen and oxygen atoms in total. The molecule has 3 heteroatoms. The molecule has 0 unspecified atom stereocenters. The molecule has 0 aromatic heterocycles. The Bertz CT molecular complexity index is 410. The maximum atomic E-state index is 11.6. The summed E-state index contributed by atoms with van der Waals surface area (Å²) in [6.07, 6.45) is 0.451. The molecule has 86 valence electrons. The van der Waals surface area contributed by atoms with E-state index >= 15 is 0 Å². The quantitative estimate of drug-likeness (QED) is 0.774. The molecule has 0 atom stereocenters. The Hall–Kier alpha value is -1.64. The first-order chi connectivity index (χ1) is 7.58. The molecule has 1 rings (SSSR count). The zero-order valence-electron chi connectivity index (χ0n) is 9.96. The van der Waals surface area contributed by atoms with Crippen LogP contribution in [0.5, 0.6) is 0 Å². The second-order valence-electron chi connectivity index (χ2n) is 3.66. The summed E-state index contributed by atoms with van der Waals surface area (Å²) in [5.41, 5.74) is 2.01. The van der Waals surface area contributed by atoms with Crippen LogP contribution in [0.2, 0.25) is 0 Å². The highest BCUT2D eigenvalue weighted by Crippen LogP contribution is 2.17. The van der Waals surface area contributed by atoms with Crippen molar-refractivity contribution in [2.24, 2.45) is 0 Å². The van der Waals surface area contributed by atoms with Crippen LogP contribution in [-0.4, -0.2) is 18.1 Å². The monoisotopic (exact) mass is 219 g/mol. The smallest absolute Gasteiger partial charge is 0.162 e. The minimum absolute atomic E-state index is 0.0232. The third-order valence-corrected chi connectivity index (χ3v) is 2.36. The minimum Gasteiger partial charge on any atom is -0.385 e. The Labute approximate surface area is 95.9 Å². The van der Waals surface area contributed by atoms with Gasteiger partial charge in [0.2, 0.25) is 0 Å². The first kappa shape index (κ1) is 12.4. The van der Waals surface area contributed by atoms with E-state index in [1.807, 2.05) is 13.8 Å². The van der Waals surface area contributed by atoms with Gasteiger partial charge in [0.05, 0.1) is 0 Å². The maximum absolute atomic E-state index is 11.6. The number of carbonyl (C=O) groups is 2. The number of nitrogens with one attached hydrogen (secondary N) is 1. The highest BCUT2D eigenvalue weighted by atomic mass is 16.1. The summed E-state index contributed by atoms with van der Waals surface area (Å²) in [5.74, 6) is 0.0344. The molecule has 0 saturated heterocycles. The van der Waals surface area contributed by atoms with Gasteiger partial charge in [-0.1, -0.05) is 6.92 Å². The van der Waals surface area contributed by atoms with Crippen LogP contribution in [0.1, 0.15) is 47.9 Å². The number of rotatable bonds is 5. The summed E-state index contributed by atoms with van der Waals surface area (Å²) in [5, 5.41) is 3.12. The van der Waals surface area contributed by atoms with E-state index < -0.39 is 0 Å². The van der Waals surface area contributed by atoms with Gasteiger partial charge >= 0.3 is 0 Å². The van der Waals surface area contributed by atoms with Crippen LogP contribution in [0.4, 0.5) is 5.69 Å². The average Bonchev–Trinajstić information content (AvgIpc) is 2.28. The largest absolute Gasteiger partial charge is 0.385 e. The molecule has 0 amide bonds. The Morgan fingerprint density at radius 1 is 1.12 bits per heavy atom. The fourth-order valence-corrected chi connectivity index (χ4v) is 1.50. The summed E-state index contributed by atoms with van der Waals surface area (Å²) in [4.78, 5) is 22.9. The molecule has 1 N–H and O–H groups in total. The molecule has 16 heavy (non-hydrogen) atoms. The molecule has 1 aromatic carbocycles. The molecule has 0 aliphatic heterocycles. The van der Waals surface area contributed by atoms with Gasteiger partial charge in [-0.2, -0.15) is 0 Å². The fourth-order valence-electron chi connectivity index (χ4n) is 1.50. The lowest BCUT2D eigenvalue weighted by molar-refractivity contribution is 0.0988. The van der Waals surface area contributed by atoms with E-state index in [9.17, 15) is 9.59 Å². The van der Waals surface area contributed by atoms with E-state index in [0.29, 0.717) is 17.5 Å². The Morgan fingerprint density at radius 3 is 2.25 bits per heavy atom. The highest BCUT2D eigenvalue weighted by Gasteiger charge is 2.09. The van der Waals surface area contributed by atoms with Crippen molar-refractivity contribution in [1.29, 1.82) is 0 Å². The van der Waals surface area contributed by atoms with Gasteiger partial charge in [-0.3, -0.25) is 9.59 Å². The van der Waals surface area contributed by atoms with E-state index in [-0.39, 0.29) is 11.6 Å². The first-order valence-corrected chi connectivity index (χ1v) is 5.51. The van der Waals surface area contributed by atoms with E-state index in [4.69, 9.17) is 0 Å². The van der Waals surface area contributed by atoms with Crippen molar-refractivity contribution in [3.8, 4) is 0 Å². The van der Waals surface area contributed by atoms with Crippen LogP contribution in [0.15, 0.2) is 18.2 Å². The first-order valence-electron chi connectivity index (χ1n) is 5.51. The highest BCUT2D eigenvalue weighted by molar-refractivity contribution is 6.01. The lowest BCUT2D eigenvalue weighted by Gasteiger charge is -2.08. The Balaban J connectivity index is 3.18. The van der Waals surface area contributed by atoms with Crippen LogP contribution in [0.25, 0.3) is 0 Å². The fraction of sp³-hybridized carbons (Fsp3) is 0.385. The summed E-state index contributed by atoms with van der Waals surface area (Å²) < 4.78 is 0. The third-order valence-electron chi connectivity index (χ3n) is 2.36. The number of carbonyl (C=O) groups excluding carboxylic acids is 2. The number of hydrogen-bond acceptors (Lipinski definition) is 3. The van der Waals surface area contributed by atoms with E-state index in [1.165, 1.54) is 6.92 Å². The average molecular weight is 219 g/mol. The zero-order valence-corrected chi connectivity index (χ0v) is 9.96. The third kappa shape index (κ3) is 2.92. The SMILES string of the molecule is CCNc1cc(C(C)=O)cc(C(=O)CC)c1. The standard InChI is InChI=1S/C13H17NO2/c1-4-13(16)11-6-10(9(3)15)7-12(8-11)14-5-2/h6-8,14H,4-5H2,1-3H3. The van der Waals surface area contributed by atoms with Crippen molar-refractivity contribution in [2.75, 3.05) is 11.9 Å². The summed E-state index contributed by atoms with van der Waals surface area (Å²) in [7, 11) is 0. The van der Waals surface area contributed by atoms with E-state index in [1.54, 1.807) is 18.2 Å². The molecular weight excluding hydrogens is 202 g/mol. The molecule has 0 aliphatic carbocycles. The molecule has 0 heterocycles. The Kier molecular flexibility index (Phi) is 4.23. The van der Waals surface area contributed by atoms with Gasteiger partial charge in [-0.25, -0.2) is 0 Å². The van der Waals surface area contributed by atoms with Crippen LogP contribution >= 0.6 is 0 Å². The van der Waals surface area contributed by atoms with E-state index in [2.05, 4.69) is 5.32 Å². The van der Waals surface area contributed by atoms with Crippen LogP contribution in [-0.2, 0) is 0 Å². The molecular formula is C13H17NO2. The van der Waals surface area contributed by atoms with Crippen LogP contribution in [0, 0.1) is 0 Å². The van der Waals surface area contributed by atoms with Crippen LogP contribution in [0.3, 0.4) is 0 Å². The number of ketones is 2. The minimum atomic E-state index is -0.0232. The van der Waals surface area contributed by atoms with Crippen molar-refractivity contribution in [1.82, 2.24) is 0 Å². The predicted octanol–water partition coefficient (Wildman–Crippen LogP) is 2.91. The maximum Gasteiger partial charge on any atom is 0.162 e. The molecule has 0 bridgehead atoms. The van der Waals surface area contributed by atoms with E-state index in [0.717, 1.165) is 12.2 Å². The predicted molar refractivity (Wildman–Crippen MR) is 65.2 cm³/mol. The van der Waals surface area contributed by atoms with Gasteiger partial charge < -0.3 is 5.32 Å². The Morgan fingerprint density at radius 2 is 1.75 bits per heavy atom. The van der Waals surface area contributed by atoms with Crippen molar-refractivity contribution in [3.63, 3.8) is 0 Å². The van der Waals surface area contributed by atoms with Gasteiger partial charge in [0, 0.05) is 29.8 Å². The van der Waals surface area contributed by atoms with Gasteiger partial charge in [0.1, 0.15) is 0 Å². The number of anilines is 1. The van der Waals surface area contributed by atoms with Gasteiger partial charge in [0.15, 0.2) is 11.6 Å². The molecule has 0 fully saturated rings. The summed E-state index contributed by atoms with van der Waals surface area (Å²) >= 11 is 0. The topological polar surface area (TPSA) is 46.2 Å². The van der Waals surface area contributed by atoms with Crippen molar-refractivity contribution in [2.45, 2.75) is 27.2 Å². The van der Waals surface area contributed by atoms with Gasteiger partial charge in [-0.05, 0) is 32.0 Å². The second kappa shape index (κ2) is 5.45. The van der Waals surface area contributed by atoms with Crippen molar-refractivity contribution in [3.05, 3.63) is 29.3 Å². The molecule has 0 spiro atoms. The lowest BCUT2D eigenvalue weighted by atomic mass is 10.0. The second-order valence-corrected chi connectivity index (χ2v) is 3.66. The van der Waals surface area contributed by atoms with Crippen molar-refractivity contribution >= 4 is 17.3 Å². The number of hydrogen-bond donors (Lipinski definition) is 1. The summed E-state index contributed by atoms with van der Waals surface area (Å²) in [6.45, 7) is 6.06.